The third-order valence-corrected chi connectivity index (χ3v) is 1.49. The van der Waals surface area contributed by atoms with Crippen LogP contribution in [0.3, 0.4) is 0 Å². The minimum absolute atomic E-state index is 0. The van der Waals surface area contributed by atoms with E-state index in [1.807, 2.05) is 0 Å². The molecule has 0 atom stereocenters. The molecule has 0 heterocycles. The first-order valence-corrected chi connectivity index (χ1v) is 6.08. The Kier molecular flexibility index (Phi) is 18.1. The monoisotopic (exact) mass is 266 g/mol. The quantitative estimate of drug-likeness (QED) is 0.319. The molecule has 0 radical (unpaired) electrons. The van der Waals surface area contributed by atoms with Crippen molar-refractivity contribution in [2.45, 2.75) is 45.4 Å². The van der Waals surface area contributed by atoms with Gasteiger partial charge in [0.15, 0.2) is 0 Å². The average molecular weight is 266 g/mol. The van der Waals surface area contributed by atoms with Crippen molar-refractivity contribution in [2.24, 2.45) is 0 Å². The predicted octanol–water partition coefficient (Wildman–Crippen LogP) is -1.10. The van der Waals surface area contributed by atoms with Crippen molar-refractivity contribution in [3.63, 3.8) is 0 Å². The second-order valence-electron chi connectivity index (χ2n) is 3.01. The zero-order valence-electron chi connectivity index (χ0n) is 10.7. The molecule has 0 rings (SSSR count). The first kappa shape index (κ1) is 21.6. The summed E-state index contributed by atoms with van der Waals surface area (Å²) in [6, 6.07) is 0. The van der Waals surface area contributed by atoms with Crippen LogP contribution >= 0.6 is 0 Å². The summed E-state index contributed by atoms with van der Waals surface area (Å²) in [6.45, 7) is 2.15. The van der Waals surface area contributed by atoms with Crippen LogP contribution in [0.25, 0.3) is 0 Å². The van der Waals surface area contributed by atoms with Gasteiger partial charge in [-0.15, -0.1) is 0 Å². The fraction of sp³-hybridized carbons (Fsp3) is 0.875. The molecular formula is C8H19NaO6S. The maximum atomic E-state index is 10.0. The molecule has 0 amide bonds. The van der Waals surface area contributed by atoms with E-state index >= 15 is 0 Å². The molecule has 0 bridgehead atoms. The Bertz CT molecular complexity index is 249. The number of carbonyl (C=O) groups is 1. The van der Waals surface area contributed by atoms with Crippen LogP contribution in [0.5, 0.6) is 0 Å². The number of unbranched alkanes of at least 4 members (excludes halogenated alkanes) is 4. The van der Waals surface area contributed by atoms with Gasteiger partial charge in [-0.25, -0.2) is 0 Å². The molecule has 0 aromatic rings. The van der Waals surface area contributed by atoms with Crippen molar-refractivity contribution in [1.29, 1.82) is 0 Å². The zero-order valence-corrected chi connectivity index (χ0v) is 12.5. The molecule has 0 saturated carbocycles. The van der Waals surface area contributed by atoms with Crippen LogP contribution in [0.2, 0.25) is 0 Å². The number of aliphatic carboxylic acids is 1. The average Bonchev–Trinajstić information content (AvgIpc) is 2.00. The SMILES string of the molecule is CCCCCCCC(=O)O.O=S(=O)(O)O.[H-].[Na+]. The summed E-state index contributed by atoms with van der Waals surface area (Å²) in [4.78, 5) is 10.0. The Morgan fingerprint density at radius 1 is 1.12 bits per heavy atom. The maximum Gasteiger partial charge on any atom is 1.00 e. The molecule has 0 aromatic carbocycles. The minimum Gasteiger partial charge on any atom is -1.00 e. The van der Waals surface area contributed by atoms with Gasteiger partial charge in [-0.1, -0.05) is 32.6 Å². The van der Waals surface area contributed by atoms with Gasteiger partial charge >= 0.3 is 45.9 Å². The normalized spacial score (nSPS) is 9.69. The standard InChI is InChI=1S/C8H16O2.Na.H2O4S.H/c1-2-3-4-5-6-7-8(9)10;;1-5(2,3)4;/h2-7H2,1H3,(H,9,10);;(H2,1,2,3,4);/q;+1;;-1. The molecule has 0 aliphatic carbocycles. The van der Waals surface area contributed by atoms with E-state index in [1.54, 1.807) is 0 Å². The van der Waals surface area contributed by atoms with Crippen LogP contribution in [0.4, 0.5) is 0 Å². The Morgan fingerprint density at radius 3 is 1.81 bits per heavy atom. The molecule has 6 nitrogen and oxygen atoms in total. The van der Waals surface area contributed by atoms with E-state index in [9.17, 15) is 4.79 Å². The molecule has 0 saturated heterocycles. The zero-order chi connectivity index (χ0) is 12.3. The molecule has 16 heavy (non-hydrogen) atoms. The van der Waals surface area contributed by atoms with Crippen LogP contribution in [-0.2, 0) is 15.2 Å². The van der Waals surface area contributed by atoms with Crippen LogP contribution in [0.1, 0.15) is 46.9 Å². The Hall–Kier alpha value is 0.340. The Morgan fingerprint density at radius 2 is 1.50 bits per heavy atom. The van der Waals surface area contributed by atoms with Gasteiger partial charge in [0.2, 0.25) is 0 Å². The summed E-state index contributed by atoms with van der Waals surface area (Å²) in [7, 11) is -4.67. The Balaban J connectivity index is -0.000000105. The smallest absolute Gasteiger partial charge is 1.00 e. The molecule has 0 aliphatic heterocycles. The van der Waals surface area contributed by atoms with Crippen LogP contribution in [0, 0.1) is 0 Å². The van der Waals surface area contributed by atoms with Gasteiger partial charge in [-0.2, -0.15) is 8.42 Å². The van der Waals surface area contributed by atoms with E-state index in [0.29, 0.717) is 6.42 Å². The third kappa shape index (κ3) is 47.4. The Labute approximate surface area is 120 Å². The van der Waals surface area contributed by atoms with Crippen molar-refractivity contribution in [1.82, 2.24) is 0 Å². The number of rotatable bonds is 6. The van der Waals surface area contributed by atoms with Gasteiger partial charge in [-0.05, 0) is 6.42 Å². The molecule has 0 spiro atoms. The van der Waals surface area contributed by atoms with E-state index in [1.165, 1.54) is 19.3 Å². The fourth-order valence-electron chi connectivity index (χ4n) is 0.880. The largest absolute Gasteiger partial charge is 1.00 e. The van der Waals surface area contributed by atoms with E-state index in [4.69, 9.17) is 22.6 Å². The fourth-order valence-corrected chi connectivity index (χ4v) is 0.880. The van der Waals surface area contributed by atoms with E-state index in [2.05, 4.69) is 6.92 Å². The third-order valence-electron chi connectivity index (χ3n) is 1.49. The van der Waals surface area contributed by atoms with E-state index in [0.717, 1.165) is 12.8 Å². The summed E-state index contributed by atoms with van der Waals surface area (Å²) in [5, 5.41) is 8.27. The van der Waals surface area contributed by atoms with Gasteiger partial charge in [0.25, 0.3) is 0 Å². The summed E-state index contributed by atoms with van der Waals surface area (Å²) < 4.78 is 31.6. The second-order valence-corrected chi connectivity index (χ2v) is 3.90. The second kappa shape index (κ2) is 13.4. The van der Waals surface area contributed by atoms with E-state index in [-0.39, 0.29) is 31.0 Å². The van der Waals surface area contributed by atoms with E-state index < -0.39 is 16.4 Å². The minimum atomic E-state index is -4.67. The van der Waals surface area contributed by atoms with Crippen molar-refractivity contribution in [2.75, 3.05) is 0 Å². The summed E-state index contributed by atoms with van der Waals surface area (Å²) >= 11 is 0. The maximum absolute atomic E-state index is 10.0. The van der Waals surface area contributed by atoms with Gasteiger partial charge in [0.1, 0.15) is 0 Å². The molecule has 0 aliphatic rings. The van der Waals surface area contributed by atoms with Crippen molar-refractivity contribution in [3.8, 4) is 0 Å². The van der Waals surface area contributed by atoms with Crippen molar-refractivity contribution < 1.29 is 58.4 Å². The molecule has 8 heteroatoms. The van der Waals surface area contributed by atoms with Gasteiger partial charge in [0.05, 0.1) is 0 Å². The molecule has 0 fully saturated rings. The first-order valence-electron chi connectivity index (χ1n) is 4.69. The molecule has 94 valence electrons. The molecule has 0 unspecified atom stereocenters. The number of carboxylic acid groups (broad SMARTS) is 1. The number of hydrogen-bond acceptors (Lipinski definition) is 3. The topological polar surface area (TPSA) is 112 Å². The number of carboxylic acids is 1. The predicted molar refractivity (Wildman–Crippen MR) is 56.3 cm³/mol. The summed E-state index contributed by atoms with van der Waals surface area (Å²) in [5.41, 5.74) is 0. The first-order chi connectivity index (χ1) is 6.77. The molecule has 0 aromatic heterocycles. The van der Waals surface area contributed by atoms with Crippen LogP contribution in [-0.4, -0.2) is 28.6 Å². The van der Waals surface area contributed by atoms with Gasteiger partial charge < -0.3 is 6.53 Å². The summed E-state index contributed by atoms with van der Waals surface area (Å²) in [6.07, 6.45) is 5.88. The summed E-state index contributed by atoms with van der Waals surface area (Å²) in [5.74, 6) is -0.670. The van der Waals surface area contributed by atoms with Gasteiger partial charge in [-0.3, -0.25) is 13.9 Å². The molecule has 3 N–H and O–H groups in total. The molecular weight excluding hydrogens is 247 g/mol. The van der Waals surface area contributed by atoms with Crippen molar-refractivity contribution in [3.05, 3.63) is 0 Å². The van der Waals surface area contributed by atoms with Crippen LogP contribution in [0.15, 0.2) is 0 Å². The number of hydrogen-bond donors (Lipinski definition) is 3. The van der Waals surface area contributed by atoms with Crippen LogP contribution < -0.4 is 29.6 Å². The van der Waals surface area contributed by atoms with Crippen molar-refractivity contribution >= 4 is 16.4 Å². The van der Waals surface area contributed by atoms with Gasteiger partial charge in [0, 0.05) is 6.42 Å².